The molecule has 0 radical (unpaired) electrons. The van der Waals surface area contributed by atoms with Gasteiger partial charge in [-0.15, -0.1) is 0 Å². The normalized spacial score (nSPS) is 10.6. The van der Waals surface area contributed by atoms with Crippen molar-refractivity contribution in [3.05, 3.63) is 23.8 Å². The van der Waals surface area contributed by atoms with Gasteiger partial charge in [0.05, 0.1) is 19.8 Å². The van der Waals surface area contributed by atoms with Crippen molar-refractivity contribution >= 4 is 0 Å². The minimum atomic E-state index is 0.0292. The van der Waals surface area contributed by atoms with Crippen LogP contribution in [0.5, 0.6) is 11.5 Å². The van der Waals surface area contributed by atoms with E-state index in [1.807, 2.05) is 18.2 Å². The number of unbranched alkanes of at least 4 members (excludes halogenated alkanes) is 4. The van der Waals surface area contributed by atoms with E-state index in [1.54, 1.807) is 0 Å². The van der Waals surface area contributed by atoms with E-state index in [0.29, 0.717) is 6.61 Å². The molecule has 1 aromatic carbocycles. The highest BCUT2D eigenvalue weighted by atomic mass is 16.5. The third-order valence-electron chi connectivity index (χ3n) is 3.20. The molecule has 0 aliphatic heterocycles. The zero-order valence-electron chi connectivity index (χ0n) is 12.9. The summed E-state index contributed by atoms with van der Waals surface area (Å²) >= 11 is 0. The van der Waals surface area contributed by atoms with Crippen LogP contribution in [0.15, 0.2) is 18.2 Å². The molecule has 1 rings (SSSR count). The highest BCUT2D eigenvalue weighted by Crippen LogP contribution is 2.29. The van der Waals surface area contributed by atoms with E-state index >= 15 is 0 Å². The zero-order chi connectivity index (χ0) is 14.6. The fourth-order valence-electron chi connectivity index (χ4n) is 1.95. The number of aliphatic hydroxyl groups excluding tert-OH is 1. The molecule has 1 aromatic rings. The number of hydrogen-bond donors (Lipinski definition) is 1. The van der Waals surface area contributed by atoms with Gasteiger partial charge in [-0.3, -0.25) is 0 Å². The Balaban J connectivity index is 2.56. The number of aliphatic hydroxyl groups is 1. The van der Waals surface area contributed by atoms with Crippen LogP contribution in [0, 0.1) is 0 Å². The number of benzene rings is 1. The fraction of sp³-hybridized carbons (Fsp3) is 0.647. The van der Waals surface area contributed by atoms with E-state index in [-0.39, 0.29) is 6.61 Å². The zero-order valence-corrected chi connectivity index (χ0v) is 12.9. The van der Waals surface area contributed by atoms with E-state index in [4.69, 9.17) is 9.47 Å². The minimum absolute atomic E-state index is 0.0292. The number of hydrogen-bond acceptors (Lipinski definition) is 3. The molecule has 0 aliphatic rings. The van der Waals surface area contributed by atoms with Crippen molar-refractivity contribution in [1.82, 2.24) is 0 Å². The van der Waals surface area contributed by atoms with Gasteiger partial charge in [-0.1, -0.05) is 45.6 Å². The standard InChI is InChI=1S/C17H28O3/c1-3-5-7-11-19-16-10-9-15(14-18)13-17(16)20-12-8-6-4-2/h9-10,13,18H,3-8,11-12,14H2,1-2H3. The number of ether oxygens (including phenoxy) is 2. The first-order valence-corrected chi connectivity index (χ1v) is 7.81. The molecule has 0 atom stereocenters. The van der Waals surface area contributed by atoms with E-state index in [0.717, 1.165) is 36.5 Å². The van der Waals surface area contributed by atoms with Crippen molar-refractivity contribution in [2.75, 3.05) is 13.2 Å². The van der Waals surface area contributed by atoms with Crippen LogP contribution in [0.1, 0.15) is 57.9 Å². The van der Waals surface area contributed by atoms with Crippen molar-refractivity contribution in [1.29, 1.82) is 0 Å². The smallest absolute Gasteiger partial charge is 0.161 e. The Kier molecular flexibility index (Phi) is 8.88. The molecule has 0 aromatic heterocycles. The van der Waals surface area contributed by atoms with Gasteiger partial charge in [-0.05, 0) is 30.5 Å². The monoisotopic (exact) mass is 280 g/mol. The van der Waals surface area contributed by atoms with Crippen LogP contribution in [0.3, 0.4) is 0 Å². The first kappa shape index (κ1) is 16.8. The molecule has 0 heterocycles. The first-order chi connectivity index (χ1) is 9.81. The van der Waals surface area contributed by atoms with Crippen LogP contribution in [-0.4, -0.2) is 18.3 Å². The maximum Gasteiger partial charge on any atom is 0.161 e. The summed E-state index contributed by atoms with van der Waals surface area (Å²) in [6, 6.07) is 5.65. The largest absolute Gasteiger partial charge is 0.490 e. The lowest BCUT2D eigenvalue weighted by molar-refractivity contribution is 0.255. The average molecular weight is 280 g/mol. The topological polar surface area (TPSA) is 38.7 Å². The molecule has 1 N–H and O–H groups in total. The predicted octanol–water partition coefficient (Wildman–Crippen LogP) is 4.32. The maximum absolute atomic E-state index is 9.21. The van der Waals surface area contributed by atoms with Crippen molar-refractivity contribution < 1.29 is 14.6 Å². The van der Waals surface area contributed by atoms with Gasteiger partial charge < -0.3 is 14.6 Å². The summed E-state index contributed by atoms with van der Waals surface area (Å²) in [5, 5.41) is 9.21. The van der Waals surface area contributed by atoms with Crippen molar-refractivity contribution in [2.45, 2.75) is 59.0 Å². The third kappa shape index (κ3) is 6.29. The van der Waals surface area contributed by atoms with Crippen molar-refractivity contribution in [3.63, 3.8) is 0 Å². The van der Waals surface area contributed by atoms with Gasteiger partial charge in [0.15, 0.2) is 11.5 Å². The van der Waals surface area contributed by atoms with Crippen LogP contribution < -0.4 is 9.47 Å². The molecule has 0 unspecified atom stereocenters. The molecule has 0 saturated carbocycles. The highest BCUT2D eigenvalue weighted by molar-refractivity contribution is 5.42. The van der Waals surface area contributed by atoms with E-state index in [9.17, 15) is 5.11 Å². The second-order valence-electron chi connectivity index (χ2n) is 5.05. The van der Waals surface area contributed by atoms with Gasteiger partial charge in [0.1, 0.15) is 0 Å². The van der Waals surface area contributed by atoms with Gasteiger partial charge in [-0.25, -0.2) is 0 Å². The Morgan fingerprint density at radius 3 is 2.00 bits per heavy atom. The van der Waals surface area contributed by atoms with Crippen LogP contribution in [0.4, 0.5) is 0 Å². The Bertz CT molecular complexity index is 363. The minimum Gasteiger partial charge on any atom is -0.490 e. The van der Waals surface area contributed by atoms with E-state index in [2.05, 4.69) is 13.8 Å². The summed E-state index contributed by atoms with van der Waals surface area (Å²) in [7, 11) is 0. The van der Waals surface area contributed by atoms with E-state index < -0.39 is 0 Å². The molecule has 114 valence electrons. The SMILES string of the molecule is CCCCCOc1ccc(CO)cc1OCCCCC. The molecule has 0 fully saturated rings. The van der Waals surface area contributed by atoms with Gasteiger partial charge in [0, 0.05) is 0 Å². The summed E-state index contributed by atoms with van der Waals surface area (Å²) in [5.74, 6) is 1.54. The van der Waals surface area contributed by atoms with Gasteiger partial charge in [0.2, 0.25) is 0 Å². The first-order valence-electron chi connectivity index (χ1n) is 7.81. The second-order valence-corrected chi connectivity index (χ2v) is 5.05. The van der Waals surface area contributed by atoms with Crippen molar-refractivity contribution in [2.24, 2.45) is 0 Å². The third-order valence-corrected chi connectivity index (χ3v) is 3.20. The van der Waals surface area contributed by atoms with Crippen molar-refractivity contribution in [3.8, 4) is 11.5 Å². The Labute approximate surface area is 122 Å². The molecule has 0 amide bonds. The predicted molar refractivity (Wildman–Crippen MR) is 82.4 cm³/mol. The molecule has 0 saturated heterocycles. The van der Waals surface area contributed by atoms with Crippen LogP contribution in [0.25, 0.3) is 0 Å². The average Bonchev–Trinajstić information content (AvgIpc) is 2.49. The summed E-state index contributed by atoms with van der Waals surface area (Å²) < 4.78 is 11.6. The molecule has 0 spiro atoms. The summed E-state index contributed by atoms with van der Waals surface area (Å²) in [6.45, 7) is 5.81. The second kappa shape index (κ2) is 10.6. The summed E-state index contributed by atoms with van der Waals surface area (Å²) in [5.41, 5.74) is 0.858. The molecule has 20 heavy (non-hydrogen) atoms. The van der Waals surface area contributed by atoms with Crippen LogP contribution in [0.2, 0.25) is 0 Å². The Morgan fingerprint density at radius 1 is 0.850 bits per heavy atom. The summed E-state index contributed by atoms with van der Waals surface area (Å²) in [4.78, 5) is 0. The molecule has 3 nitrogen and oxygen atoms in total. The molecule has 3 heteroatoms. The van der Waals surface area contributed by atoms with Gasteiger partial charge in [0.25, 0.3) is 0 Å². The molecule has 0 aliphatic carbocycles. The fourth-order valence-corrected chi connectivity index (χ4v) is 1.95. The molecule has 0 bridgehead atoms. The van der Waals surface area contributed by atoms with Crippen LogP contribution >= 0.6 is 0 Å². The lowest BCUT2D eigenvalue weighted by Crippen LogP contribution is -2.03. The molecular weight excluding hydrogens is 252 g/mol. The van der Waals surface area contributed by atoms with Gasteiger partial charge in [-0.2, -0.15) is 0 Å². The number of rotatable bonds is 11. The highest BCUT2D eigenvalue weighted by Gasteiger charge is 2.06. The quantitative estimate of drug-likeness (QED) is 0.614. The van der Waals surface area contributed by atoms with Crippen LogP contribution in [-0.2, 0) is 6.61 Å². The Hall–Kier alpha value is -1.22. The lowest BCUT2D eigenvalue weighted by Gasteiger charge is -2.13. The maximum atomic E-state index is 9.21. The lowest BCUT2D eigenvalue weighted by atomic mass is 10.2. The molecular formula is C17H28O3. The van der Waals surface area contributed by atoms with E-state index in [1.165, 1.54) is 25.7 Å². The Morgan fingerprint density at radius 2 is 1.45 bits per heavy atom. The summed E-state index contributed by atoms with van der Waals surface area (Å²) in [6.07, 6.45) is 6.84. The van der Waals surface area contributed by atoms with Gasteiger partial charge >= 0.3 is 0 Å².